The highest BCUT2D eigenvalue weighted by Gasteiger charge is 2.24. The van der Waals surface area contributed by atoms with Crippen molar-refractivity contribution in [3.05, 3.63) is 95.6 Å². The van der Waals surface area contributed by atoms with Crippen LogP contribution in [0.3, 0.4) is 0 Å². The van der Waals surface area contributed by atoms with Crippen LogP contribution in [0.1, 0.15) is 48.0 Å². The normalized spacial score (nSPS) is 15.8. The average Bonchev–Trinajstić information content (AvgIpc) is 2.79. The van der Waals surface area contributed by atoms with Crippen LogP contribution in [0.2, 0.25) is 0 Å². The van der Waals surface area contributed by atoms with E-state index in [1.807, 2.05) is 66.7 Å². The Labute approximate surface area is 187 Å². The third-order valence-corrected chi connectivity index (χ3v) is 5.65. The highest BCUT2D eigenvalue weighted by molar-refractivity contribution is 5.79. The van der Waals surface area contributed by atoms with Crippen LogP contribution < -0.4 is 21.1 Å². The van der Waals surface area contributed by atoms with Crippen molar-refractivity contribution in [3.63, 3.8) is 0 Å². The number of urea groups is 1. The lowest BCUT2D eigenvalue weighted by Gasteiger charge is -2.27. The van der Waals surface area contributed by atoms with Crippen LogP contribution in [0.25, 0.3) is 0 Å². The minimum Gasteiger partial charge on any atom is -0.457 e. The molecule has 3 amide bonds. The van der Waals surface area contributed by atoms with E-state index in [1.165, 1.54) is 11.1 Å². The zero-order valence-corrected chi connectivity index (χ0v) is 17.8. The lowest BCUT2D eigenvalue weighted by Crippen LogP contribution is -2.38. The maximum atomic E-state index is 12.9. The largest absolute Gasteiger partial charge is 0.457 e. The van der Waals surface area contributed by atoms with Crippen LogP contribution in [-0.4, -0.2) is 11.9 Å². The predicted molar refractivity (Wildman–Crippen MR) is 123 cm³/mol. The summed E-state index contributed by atoms with van der Waals surface area (Å²) in [5.41, 5.74) is 8.60. The van der Waals surface area contributed by atoms with Crippen molar-refractivity contribution in [1.29, 1.82) is 0 Å². The highest BCUT2D eigenvalue weighted by Crippen LogP contribution is 2.30. The Morgan fingerprint density at radius 3 is 2.53 bits per heavy atom. The van der Waals surface area contributed by atoms with E-state index in [2.05, 4.69) is 22.8 Å². The summed E-state index contributed by atoms with van der Waals surface area (Å²) in [4.78, 5) is 24.6. The molecule has 4 rings (SSSR count). The molecular formula is C26H27N3O3. The third-order valence-electron chi connectivity index (χ3n) is 5.65. The fourth-order valence-electron chi connectivity index (χ4n) is 4.19. The molecule has 1 aliphatic rings. The summed E-state index contributed by atoms with van der Waals surface area (Å²) in [7, 11) is 0. The van der Waals surface area contributed by atoms with E-state index in [-0.39, 0.29) is 18.4 Å². The molecule has 0 radical (unpaired) electrons. The first-order valence-electron chi connectivity index (χ1n) is 10.8. The summed E-state index contributed by atoms with van der Waals surface area (Å²) in [5.74, 6) is 1.18. The molecule has 1 aliphatic carbocycles. The van der Waals surface area contributed by atoms with Crippen molar-refractivity contribution in [2.24, 2.45) is 5.73 Å². The zero-order chi connectivity index (χ0) is 22.3. The molecule has 6 nitrogen and oxygen atoms in total. The summed E-state index contributed by atoms with van der Waals surface area (Å²) in [5, 5.41) is 5.84. The first kappa shape index (κ1) is 21.4. The smallest absolute Gasteiger partial charge is 0.312 e. The maximum absolute atomic E-state index is 12.9. The number of nitrogens with two attached hydrogens (primary N) is 1. The molecule has 2 unspecified atom stereocenters. The second-order valence-corrected chi connectivity index (χ2v) is 7.96. The van der Waals surface area contributed by atoms with Crippen molar-refractivity contribution in [1.82, 2.24) is 10.6 Å². The molecule has 4 N–H and O–H groups in total. The van der Waals surface area contributed by atoms with Crippen LogP contribution in [0.4, 0.5) is 4.79 Å². The Morgan fingerprint density at radius 1 is 0.969 bits per heavy atom. The Balaban J connectivity index is 1.48. The first-order valence-corrected chi connectivity index (χ1v) is 10.8. The van der Waals surface area contributed by atoms with Gasteiger partial charge >= 0.3 is 6.03 Å². The number of ether oxygens (including phenoxy) is 1. The van der Waals surface area contributed by atoms with Gasteiger partial charge in [-0.3, -0.25) is 4.79 Å². The minimum absolute atomic E-state index is 0.0190. The molecule has 0 saturated carbocycles. The van der Waals surface area contributed by atoms with Gasteiger partial charge in [0.15, 0.2) is 0 Å². The molecule has 32 heavy (non-hydrogen) atoms. The maximum Gasteiger partial charge on any atom is 0.312 e. The molecule has 164 valence electrons. The number of amides is 3. The fourth-order valence-corrected chi connectivity index (χ4v) is 4.19. The lowest BCUT2D eigenvalue weighted by atomic mass is 9.87. The molecule has 0 heterocycles. The summed E-state index contributed by atoms with van der Waals surface area (Å²) in [6, 6.07) is 23.7. The average molecular weight is 430 g/mol. The molecule has 0 saturated heterocycles. The van der Waals surface area contributed by atoms with Gasteiger partial charge < -0.3 is 21.1 Å². The van der Waals surface area contributed by atoms with E-state index in [0.29, 0.717) is 11.5 Å². The van der Waals surface area contributed by atoms with E-state index in [1.54, 1.807) is 0 Å². The number of hydrogen-bond donors (Lipinski definition) is 3. The molecule has 2 atom stereocenters. The van der Waals surface area contributed by atoms with E-state index in [0.717, 1.165) is 24.8 Å². The number of hydrogen-bond acceptors (Lipinski definition) is 3. The van der Waals surface area contributed by atoms with Gasteiger partial charge in [0.1, 0.15) is 11.5 Å². The third kappa shape index (κ3) is 5.46. The number of nitrogens with one attached hydrogen (secondary N) is 2. The first-order chi connectivity index (χ1) is 15.6. The van der Waals surface area contributed by atoms with E-state index >= 15 is 0 Å². The van der Waals surface area contributed by atoms with Crippen LogP contribution in [0, 0.1) is 0 Å². The van der Waals surface area contributed by atoms with Crippen LogP contribution in [0.5, 0.6) is 11.5 Å². The van der Waals surface area contributed by atoms with Crippen LogP contribution >= 0.6 is 0 Å². The number of carbonyl (C=O) groups is 2. The summed E-state index contributed by atoms with van der Waals surface area (Å²) >= 11 is 0. The molecular weight excluding hydrogens is 402 g/mol. The molecule has 3 aromatic rings. The second kappa shape index (κ2) is 10.0. The molecule has 6 heteroatoms. The van der Waals surface area contributed by atoms with Gasteiger partial charge in [0.2, 0.25) is 5.91 Å². The topological polar surface area (TPSA) is 93.5 Å². The number of fused-ring (bicyclic) bond motifs is 1. The van der Waals surface area contributed by atoms with Gasteiger partial charge in [-0.25, -0.2) is 4.79 Å². The zero-order valence-electron chi connectivity index (χ0n) is 17.8. The molecule has 0 bridgehead atoms. The SMILES string of the molecule is NC(=O)NC(CC(=O)NC1CCCc2ccccc21)c1cccc(Oc2ccccc2)c1. The highest BCUT2D eigenvalue weighted by atomic mass is 16.5. The van der Waals surface area contributed by atoms with Gasteiger partial charge in [-0.15, -0.1) is 0 Å². The number of aryl methyl sites for hydroxylation is 1. The van der Waals surface area contributed by atoms with Gasteiger partial charge in [-0.1, -0.05) is 54.6 Å². The van der Waals surface area contributed by atoms with Gasteiger partial charge in [0.05, 0.1) is 18.5 Å². The quantitative estimate of drug-likeness (QED) is 0.505. The number of benzene rings is 3. The van der Waals surface area contributed by atoms with Crippen molar-refractivity contribution in [2.45, 2.75) is 37.8 Å². The van der Waals surface area contributed by atoms with Crippen molar-refractivity contribution in [3.8, 4) is 11.5 Å². The van der Waals surface area contributed by atoms with Crippen molar-refractivity contribution >= 4 is 11.9 Å². The van der Waals surface area contributed by atoms with Crippen molar-refractivity contribution in [2.75, 3.05) is 0 Å². The van der Waals surface area contributed by atoms with Gasteiger partial charge in [-0.2, -0.15) is 0 Å². The van der Waals surface area contributed by atoms with Gasteiger partial charge in [-0.05, 0) is 60.2 Å². The lowest BCUT2D eigenvalue weighted by molar-refractivity contribution is -0.122. The molecule has 0 fully saturated rings. The van der Waals surface area contributed by atoms with E-state index in [9.17, 15) is 9.59 Å². The van der Waals surface area contributed by atoms with Crippen LogP contribution in [-0.2, 0) is 11.2 Å². The molecule has 3 aromatic carbocycles. The molecule has 0 aromatic heterocycles. The van der Waals surface area contributed by atoms with Gasteiger partial charge in [0, 0.05) is 0 Å². The monoisotopic (exact) mass is 429 g/mol. The standard InChI is InChI=1S/C26H27N3O3/c27-26(31)29-24(19-10-6-13-21(16-19)32-20-11-2-1-3-12-20)17-25(30)28-23-15-7-9-18-8-4-5-14-22(18)23/h1-6,8,10-14,16,23-24H,7,9,15,17H2,(H,28,30)(H3,27,29,31). The molecule has 0 aliphatic heterocycles. The summed E-state index contributed by atoms with van der Waals surface area (Å²) in [6.07, 6.45) is 3.04. The summed E-state index contributed by atoms with van der Waals surface area (Å²) in [6.45, 7) is 0. The van der Waals surface area contributed by atoms with Gasteiger partial charge in [0.25, 0.3) is 0 Å². The van der Waals surface area contributed by atoms with E-state index in [4.69, 9.17) is 10.5 Å². The van der Waals surface area contributed by atoms with E-state index < -0.39 is 12.1 Å². The second-order valence-electron chi connectivity index (χ2n) is 7.96. The fraction of sp³-hybridized carbons (Fsp3) is 0.231. The Bertz CT molecular complexity index is 1080. The minimum atomic E-state index is -0.680. The summed E-state index contributed by atoms with van der Waals surface area (Å²) < 4.78 is 5.90. The Morgan fingerprint density at radius 2 is 1.72 bits per heavy atom. The number of rotatable bonds is 7. The number of carbonyl (C=O) groups excluding carboxylic acids is 2. The Kier molecular flexibility index (Phi) is 6.70. The van der Waals surface area contributed by atoms with Crippen LogP contribution in [0.15, 0.2) is 78.9 Å². The molecule has 0 spiro atoms. The Hall–Kier alpha value is -3.80. The predicted octanol–water partition coefficient (Wildman–Crippen LogP) is 4.77. The number of primary amides is 1. The van der Waals surface area contributed by atoms with Crippen molar-refractivity contribution < 1.29 is 14.3 Å². The number of para-hydroxylation sites is 1.